The van der Waals surface area contributed by atoms with Crippen LogP contribution in [0, 0.1) is 0 Å². The molecular weight excluding hydrogens is 395 g/mol. The molecule has 0 saturated heterocycles. The van der Waals surface area contributed by atoms with Crippen molar-refractivity contribution in [2.75, 3.05) is 12.4 Å². The number of aryl methyl sites for hydroxylation is 1. The summed E-state index contributed by atoms with van der Waals surface area (Å²) in [5, 5.41) is 30.4. The molecule has 0 bridgehead atoms. The molecule has 0 fully saturated rings. The number of aromatic nitrogens is 5. The molecule has 158 valence electrons. The molecule has 0 radical (unpaired) electrons. The van der Waals surface area contributed by atoms with Gasteiger partial charge in [0.05, 0.1) is 12.1 Å². The van der Waals surface area contributed by atoms with Crippen LogP contribution < -0.4 is 10.8 Å². The number of benzene rings is 2. The summed E-state index contributed by atoms with van der Waals surface area (Å²) < 4.78 is 5.27. The van der Waals surface area contributed by atoms with Crippen LogP contribution >= 0.6 is 0 Å². The quantitative estimate of drug-likeness (QED) is 0.316. The minimum Gasteiger partial charge on any atom is -0.423 e. The van der Waals surface area contributed by atoms with E-state index in [0.29, 0.717) is 48.3 Å². The molecule has 2 heterocycles. The molecule has 31 heavy (non-hydrogen) atoms. The van der Waals surface area contributed by atoms with Gasteiger partial charge in [0.1, 0.15) is 11.5 Å². The Kier molecular flexibility index (Phi) is 6.22. The van der Waals surface area contributed by atoms with Crippen LogP contribution in [-0.4, -0.2) is 49.4 Å². The van der Waals surface area contributed by atoms with Crippen LogP contribution in [0.2, 0.25) is 0 Å². The Morgan fingerprint density at radius 1 is 1.10 bits per heavy atom. The van der Waals surface area contributed by atoms with Crippen molar-refractivity contribution in [3.8, 4) is 11.5 Å². The number of aromatic amines is 1. The minimum absolute atomic E-state index is 0.423. The molecule has 9 nitrogen and oxygen atoms in total. The van der Waals surface area contributed by atoms with Gasteiger partial charge in [0.2, 0.25) is 5.95 Å². The van der Waals surface area contributed by atoms with Crippen LogP contribution in [0.4, 0.5) is 5.95 Å². The van der Waals surface area contributed by atoms with Crippen LogP contribution in [0.25, 0.3) is 22.4 Å². The Labute approximate surface area is 179 Å². The van der Waals surface area contributed by atoms with Gasteiger partial charge in [-0.25, -0.2) is 4.98 Å². The van der Waals surface area contributed by atoms with Gasteiger partial charge in [-0.15, -0.1) is 0 Å². The molecule has 0 amide bonds. The predicted octanol–water partition coefficient (Wildman–Crippen LogP) is 1.42. The third-order valence-electron chi connectivity index (χ3n) is 4.89. The molecule has 4 N–H and O–H groups in total. The van der Waals surface area contributed by atoms with Crippen LogP contribution in [0.15, 0.2) is 42.5 Å². The highest BCUT2D eigenvalue weighted by atomic mass is 16.5. The SMILES string of the molecule is CCc1nc(NCc2cccc(B(O)O)c2)nc(-c2n[nH]c3c(COC)cccc23)n1. The maximum absolute atomic E-state index is 9.37. The van der Waals surface area contributed by atoms with Crippen molar-refractivity contribution in [2.45, 2.75) is 26.5 Å². The summed E-state index contributed by atoms with van der Waals surface area (Å²) >= 11 is 0. The maximum Gasteiger partial charge on any atom is 0.488 e. The Hall–Kier alpha value is -3.34. The number of para-hydroxylation sites is 1. The number of hydrogen-bond acceptors (Lipinski definition) is 8. The van der Waals surface area contributed by atoms with E-state index in [1.165, 1.54) is 0 Å². The van der Waals surface area contributed by atoms with E-state index in [-0.39, 0.29) is 0 Å². The Bertz CT molecular complexity index is 1200. The Morgan fingerprint density at radius 2 is 1.94 bits per heavy atom. The van der Waals surface area contributed by atoms with E-state index in [1.807, 2.05) is 31.2 Å². The smallest absolute Gasteiger partial charge is 0.423 e. The Morgan fingerprint density at radius 3 is 2.71 bits per heavy atom. The maximum atomic E-state index is 9.37. The number of fused-ring (bicyclic) bond motifs is 1. The summed E-state index contributed by atoms with van der Waals surface area (Å²) in [6, 6.07) is 13.0. The highest BCUT2D eigenvalue weighted by Gasteiger charge is 2.16. The van der Waals surface area contributed by atoms with Crippen molar-refractivity contribution in [2.24, 2.45) is 0 Å². The summed E-state index contributed by atoms with van der Waals surface area (Å²) in [4.78, 5) is 13.6. The molecule has 4 rings (SSSR count). The summed E-state index contributed by atoms with van der Waals surface area (Å²) in [6.45, 7) is 2.88. The second-order valence-corrected chi connectivity index (χ2v) is 7.07. The fourth-order valence-electron chi connectivity index (χ4n) is 3.36. The molecule has 4 aromatic rings. The fourth-order valence-corrected chi connectivity index (χ4v) is 3.36. The van der Waals surface area contributed by atoms with Crippen LogP contribution in [0.3, 0.4) is 0 Å². The number of ether oxygens (including phenoxy) is 1. The van der Waals surface area contributed by atoms with Gasteiger partial charge >= 0.3 is 7.12 Å². The molecule has 0 spiro atoms. The zero-order valence-electron chi connectivity index (χ0n) is 17.3. The number of nitrogens with one attached hydrogen (secondary N) is 2. The van der Waals surface area contributed by atoms with E-state index in [9.17, 15) is 10.0 Å². The molecule has 0 atom stereocenters. The first-order chi connectivity index (χ1) is 15.1. The normalized spacial score (nSPS) is 11.1. The highest BCUT2D eigenvalue weighted by molar-refractivity contribution is 6.58. The van der Waals surface area contributed by atoms with Crippen LogP contribution in [0.1, 0.15) is 23.9 Å². The summed E-state index contributed by atoms with van der Waals surface area (Å²) in [7, 11) is 0.149. The first kappa shape index (κ1) is 20.9. The van der Waals surface area contributed by atoms with E-state index in [0.717, 1.165) is 22.0 Å². The molecular formula is C21H23BN6O3. The van der Waals surface area contributed by atoms with E-state index < -0.39 is 7.12 Å². The second-order valence-electron chi connectivity index (χ2n) is 7.07. The largest absolute Gasteiger partial charge is 0.488 e. The molecule has 0 aliphatic carbocycles. The monoisotopic (exact) mass is 418 g/mol. The number of methoxy groups -OCH3 is 1. The number of anilines is 1. The topological polar surface area (TPSA) is 129 Å². The van der Waals surface area contributed by atoms with Crippen molar-refractivity contribution in [1.29, 1.82) is 0 Å². The van der Waals surface area contributed by atoms with E-state index in [1.54, 1.807) is 25.3 Å². The molecule has 0 saturated carbocycles. The standard InChI is InChI=1S/C21H23BN6O3/c1-3-17-24-20(19-16-9-5-7-14(12-31-2)18(16)27-28-19)26-21(25-17)23-11-13-6-4-8-15(10-13)22(29)30/h4-10,29-30H,3,11-12H2,1-2H3,(H,27,28)(H,23,24,25,26). The number of H-pyrrole nitrogens is 1. The molecule has 0 aliphatic rings. The summed E-state index contributed by atoms with van der Waals surface area (Å²) in [6.07, 6.45) is 0.646. The number of rotatable bonds is 8. The lowest BCUT2D eigenvalue weighted by atomic mass is 9.80. The van der Waals surface area contributed by atoms with E-state index in [4.69, 9.17) is 4.74 Å². The summed E-state index contributed by atoms with van der Waals surface area (Å²) in [5.74, 6) is 1.56. The molecule has 10 heteroatoms. The van der Waals surface area contributed by atoms with Gasteiger partial charge in [-0.05, 0) is 11.0 Å². The zero-order valence-corrected chi connectivity index (χ0v) is 17.3. The average Bonchev–Trinajstić information content (AvgIpc) is 3.23. The van der Waals surface area contributed by atoms with Crippen molar-refractivity contribution in [3.05, 3.63) is 59.4 Å². The fraction of sp³-hybridized carbons (Fsp3) is 0.238. The third-order valence-corrected chi connectivity index (χ3v) is 4.89. The summed E-state index contributed by atoms with van der Waals surface area (Å²) in [5.41, 5.74) is 3.86. The van der Waals surface area contributed by atoms with E-state index >= 15 is 0 Å². The second kappa shape index (κ2) is 9.21. The van der Waals surface area contributed by atoms with Gasteiger partial charge < -0.3 is 20.1 Å². The molecule has 2 aromatic heterocycles. The van der Waals surface area contributed by atoms with Crippen molar-refractivity contribution in [3.63, 3.8) is 0 Å². The van der Waals surface area contributed by atoms with Gasteiger partial charge in [-0.1, -0.05) is 49.4 Å². The lowest BCUT2D eigenvalue weighted by Gasteiger charge is -2.09. The van der Waals surface area contributed by atoms with Gasteiger partial charge in [-0.3, -0.25) is 5.10 Å². The first-order valence-corrected chi connectivity index (χ1v) is 9.98. The van der Waals surface area contributed by atoms with Crippen LogP contribution in [0.5, 0.6) is 0 Å². The van der Waals surface area contributed by atoms with Gasteiger partial charge in [0.15, 0.2) is 5.82 Å². The number of nitrogens with zero attached hydrogens (tertiary/aromatic N) is 4. The highest BCUT2D eigenvalue weighted by Crippen LogP contribution is 2.27. The number of hydrogen-bond donors (Lipinski definition) is 4. The van der Waals surface area contributed by atoms with Crippen molar-refractivity contribution < 1.29 is 14.8 Å². The molecule has 2 aromatic carbocycles. The molecule has 0 unspecified atom stereocenters. The Balaban J connectivity index is 1.65. The average molecular weight is 418 g/mol. The van der Waals surface area contributed by atoms with Gasteiger partial charge in [0, 0.05) is 31.0 Å². The van der Waals surface area contributed by atoms with Crippen LogP contribution in [-0.2, 0) is 24.3 Å². The van der Waals surface area contributed by atoms with Crippen molar-refractivity contribution in [1.82, 2.24) is 25.1 Å². The first-order valence-electron chi connectivity index (χ1n) is 9.98. The lowest BCUT2D eigenvalue weighted by molar-refractivity contribution is 0.186. The van der Waals surface area contributed by atoms with Gasteiger partial charge in [0.25, 0.3) is 0 Å². The lowest BCUT2D eigenvalue weighted by Crippen LogP contribution is -2.30. The third kappa shape index (κ3) is 4.56. The van der Waals surface area contributed by atoms with E-state index in [2.05, 4.69) is 30.5 Å². The minimum atomic E-state index is -1.51. The predicted molar refractivity (Wildman–Crippen MR) is 119 cm³/mol. The van der Waals surface area contributed by atoms with Crippen molar-refractivity contribution >= 4 is 29.4 Å². The van der Waals surface area contributed by atoms with Gasteiger partial charge in [-0.2, -0.15) is 15.1 Å². The molecule has 0 aliphatic heterocycles. The zero-order chi connectivity index (χ0) is 21.8.